The quantitative estimate of drug-likeness (QED) is 0.851. The van der Waals surface area contributed by atoms with Gasteiger partial charge in [0.15, 0.2) is 0 Å². The molecule has 23 heavy (non-hydrogen) atoms. The lowest BCUT2D eigenvalue weighted by Gasteiger charge is -2.18. The normalized spacial score (nSPS) is 11.2. The molecule has 0 aromatic heterocycles. The van der Waals surface area contributed by atoms with E-state index in [4.69, 9.17) is 4.74 Å². The largest absolute Gasteiger partial charge is 0.497 e. The molecule has 0 spiro atoms. The monoisotopic (exact) mass is 323 g/mol. The van der Waals surface area contributed by atoms with Crippen molar-refractivity contribution >= 4 is 5.91 Å². The first-order chi connectivity index (χ1) is 10.8. The van der Waals surface area contributed by atoms with Gasteiger partial charge in [0.25, 0.3) is 5.91 Å². The first-order valence-corrected chi connectivity index (χ1v) is 6.87. The molecule has 0 fully saturated rings. The van der Waals surface area contributed by atoms with Crippen LogP contribution in [0, 0.1) is 0 Å². The lowest BCUT2D eigenvalue weighted by Crippen LogP contribution is -2.26. The van der Waals surface area contributed by atoms with Crippen molar-refractivity contribution in [3.63, 3.8) is 0 Å². The number of rotatable bonds is 4. The van der Waals surface area contributed by atoms with Crippen molar-refractivity contribution in [1.82, 2.24) is 4.90 Å². The molecule has 2 aromatic rings. The molecule has 2 rings (SSSR count). The summed E-state index contributed by atoms with van der Waals surface area (Å²) in [6, 6.07) is 11.5. The molecule has 0 aliphatic rings. The lowest BCUT2D eigenvalue weighted by molar-refractivity contribution is -0.137. The summed E-state index contributed by atoms with van der Waals surface area (Å²) < 4.78 is 43.2. The van der Waals surface area contributed by atoms with Crippen molar-refractivity contribution in [3.05, 3.63) is 65.2 Å². The van der Waals surface area contributed by atoms with Crippen LogP contribution in [0.15, 0.2) is 48.5 Å². The van der Waals surface area contributed by atoms with E-state index in [0.29, 0.717) is 12.3 Å². The van der Waals surface area contributed by atoms with E-state index >= 15 is 0 Å². The Labute approximate surface area is 132 Å². The number of amides is 1. The molecule has 2 aromatic carbocycles. The van der Waals surface area contributed by atoms with Crippen LogP contribution in [-0.2, 0) is 12.7 Å². The van der Waals surface area contributed by atoms with Gasteiger partial charge >= 0.3 is 6.18 Å². The second-order valence-electron chi connectivity index (χ2n) is 5.09. The third kappa shape index (κ3) is 4.25. The SMILES string of the molecule is COc1ccc(CN(C)C(=O)c2cccc(C(F)(F)F)c2)cc1. The second kappa shape index (κ2) is 6.73. The van der Waals surface area contributed by atoms with E-state index in [2.05, 4.69) is 0 Å². The fourth-order valence-electron chi connectivity index (χ4n) is 2.13. The van der Waals surface area contributed by atoms with Crippen LogP contribution in [0.1, 0.15) is 21.5 Å². The summed E-state index contributed by atoms with van der Waals surface area (Å²) in [5, 5.41) is 0. The molecule has 122 valence electrons. The molecule has 0 aliphatic carbocycles. The highest BCUT2D eigenvalue weighted by Crippen LogP contribution is 2.29. The van der Waals surface area contributed by atoms with E-state index in [1.807, 2.05) is 0 Å². The van der Waals surface area contributed by atoms with Gasteiger partial charge in [-0.25, -0.2) is 0 Å². The van der Waals surface area contributed by atoms with Gasteiger partial charge in [0, 0.05) is 19.2 Å². The van der Waals surface area contributed by atoms with Crippen molar-refractivity contribution in [3.8, 4) is 5.75 Å². The first-order valence-electron chi connectivity index (χ1n) is 6.87. The molecule has 3 nitrogen and oxygen atoms in total. The molecule has 0 aliphatic heterocycles. The Bertz CT molecular complexity index is 681. The number of alkyl halides is 3. The predicted molar refractivity (Wildman–Crippen MR) is 80.2 cm³/mol. The van der Waals surface area contributed by atoms with Gasteiger partial charge in [-0.05, 0) is 35.9 Å². The van der Waals surface area contributed by atoms with E-state index in [9.17, 15) is 18.0 Å². The minimum absolute atomic E-state index is 0.0100. The Balaban J connectivity index is 2.12. The summed E-state index contributed by atoms with van der Waals surface area (Å²) in [7, 11) is 3.10. The van der Waals surface area contributed by atoms with E-state index in [1.165, 1.54) is 17.0 Å². The Morgan fingerprint density at radius 1 is 1.13 bits per heavy atom. The van der Waals surface area contributed by atoms with Gasteiger partial charge in [-0.2, -0.15) is 13.2 Å². The summed E-state index contributed by atoms with van der Waals surface area (Å²) >= 11 is 0. The van der Waals surface area contributed by atoms with Gasteiger partial charge < -0.3 is 9.64 Å². The zero-order valence-corrected chi connectivity index (χ0v) is 12.7. The average Bonchev–Trinajstić information content (AvgIpc) is 2.54. The molecule has 0 bridgehead atoms. The number of ether oxygens (including phenoxy) is 1. The van der Waals surface area contributed by atoms with Crippen molar-refractivity contribution in [2.45, 2.75) is 12.7 Å². The molecular formula is C17H16F3NO2. The van der Waals surface area contributed by atoms with Gasteiger partial charge in [-0.1, -0.05) is 18.2 Å². The number of benzene rings is 2. The Morgan fingerprint density at radius 2 is 1.78 bits per heavy atom. The van der Waals surface area contributed by atoms with Gasteiger partial charge in [-0.3, -0.25) is 4.79 Å². The fourth-order valence-corrected chi connectivity index (χ4v) is 2.13. The number of carbonyl (C=O) groups is 1. The van der Waals surface area contributed by atoms with Crippen molar-refractivity contribution in [2.24, 2.45) is 0 Å². The third-order valence-corrected chi connectivity index (χ3v) is 3.36. The zero-order valence-electron chi connectivity index (χ0n) is 12.7. The van der Waals surface area contributed by atoms with E-state index in [0.717, 1.165) is 17.7 Å². The Hall–Kier alpha value is -2.50. The van der Waals surface area contributed by atoms with E-state index in [-0.39, 0.29) is 5.56 Å². The van der Waals surface area contributed by atoms with Crippen molar-refractivity contribution in [1.29, 1.82) is 0 Å². The fraction of sp³-hybridized carbons (Fsp3) is 0.235. The van der Waals surface area contributed by atoms with Crippen LogP contribution in [0.5, 0.6) is 5.75 Å². The summed E-state index contributed by atoms with van der Waals surface area (Å²) in [4.78, 5) is 13.7. The molecule has 0 radical (unpaired) electrons. The second-order valence-corrected chi connectivity index (χ2v) is 5.09. The van der Waals surface area contributed by atoms with Crippen molar-refractivity contribution < 1.29 is 22.7 Å². The highest BCUT2D eigenvalue weighted by molar-refractivity contribution is 5.94. The standard InChI is InChI=1S/C17H16F3NO2/c1-21(11-12-6-8-15(23-2)9-7-12)16(22)13-4-3-5-14(10-13)17(18,19)20/h3-10H,11H2,1-2H3. The molecular weight excluding hydrogens is 307 g/mol. The summed E-state index contributed by atoms with van der Waals surface area (Å²) in [6.07, 6.45) is -4.47. The smallest absolute Gasteiger partial charge is 0.416 e. The highest BCUT2D eigenvalue weighted by atomic mass is 19.4. The Kier molecular flexibility index (Phi) is 4.93. The number of halogens is 3. The summed E-state index contributed by atoms with van der Waals surface area (Å²) in [5.41, 5.74) is 0.0330. The highest BCUT2D eigenvalue weighted by Gasteiger charge is 2.31. The number of nitrogens with zero attached hydrogens (tertiary/aromatic N) is 1. The predicted octanol–water partition coefficient (Wildman–Crippen LogP) is 3.99. The molecule has 1 amide bonds. The molecule has 0 unspecified atom stereocenters. The van der Waals surface area contributed by atoms with Crippen molar-refractivity contribution in [2.75, 3.05) is 14.2 Å². The maximum Gasteiger partial charge on any atom is 0.416 e. The van der Waals surface area contributed by atoms with Gasteiger partial charge in [0.05, 0.1) is 12.7 Å². The van der Waals surface area contributed by atoms with E-state index < -0.39 is 17.6 Å². The summed E-state index contributed by atoms with van der Waals surface area (Å²) in [6.45, 7) is 0.291. The zero-order chi connectivity index (χ0) is 17.0. The van der Waals surface area contributed by atoms with Crippen LogP contribution >= 0.6 is 0 Å². The molecule has 0 atom stereocenters. The van der Waals surface area contributed by atoms with Gasteiger partial charge in [0.2, 0.25) is 0 Å². The maximum atomic E-state index is 12.7. The molecule has 0 saturated carbocycles. The molecule has 6 heteroatoms. The van der Waals surface area contributed by atoms with Gasteiger partial charge in [0.1, 0.15) is 5.75 Å². The van der Waals surface area contributed by atoms with Crippen LogP contribution in [0.25, 0.3) is 0 Å². The number of methoxy groups -OCH3 is 1. The lowest BCUT2D eigenvalue weighted by atomic mass is 10.1. The summed E-state index contributed by atoms with van der Waals surface area (Å²) in [5.74, 6) is 0.229. The third-order valence-electron chi connectivity index (χ3n) is 3.36. The van der Waals surface area contributed by atoms with Gasteiger partial charge in [-0.15, -0.1) is 0 Å². The average molecular weight is 323 g/mol. The van der Waals surface area contributed by atoms with Crippen LogP contribution in [0.3, 0.4) is 0 Å². The minimum atomic E-state index is -4.47. The molecule has 0 N–H and O–H groups in total. The van der Waals surface area contributed by atoms with Crippen LogP contribution in [0.4, 0.5) is 13.2 Å². The first kappa shape index (κ1) is 16.9. The molecule has 0 saturated heterocycles. The van der Waals surface area contributed by atoms with Crippen LogP contribution in [-0.4, -0.2) is 25.0 Å². The molecule has 0 heterocycles. The number of hydrogen-bond donors (Lipinski definition) is 0. The van der Waals surface area contributed by atoms with Crippen LogP contribution < -0.4 is 4.74 Å². The Morgan fingerprint density at radius 3 is 2.35 bits per heavy atom. The van der Waals surface area contributed by atoms with Crippen LogP contribution in [0.2, 0.25) is 0 Å². The maximum absolute atomic E-state index is 12.7. The number of carbonyl (C=O) groups excluding carboxylic acids is 1. The minimum Gasteiger partial charge on any atom is -0.497 e. The van der Waals surface area contributed by atoms with E-state index in [1.54, 1.807) is 38.4 Å². The topological polar surface area (TPSA) is 29.5 Å². The number of hydrogen-bond acceptors (Lipinski definition) is 2.